The summed E-state index contributed by atoms with van der Waals surface area (Å²) in [5.74, 6) is 1.21. The van der Waals surface area contributed by atoms with Crippen molar-refractivity contribution in [2.24, 2.45) is 23.5 Å². The summed E-state index contributed by atoms with van der Waals surface area (Å²) in [6.45, 7) is 7.83. The summed E-state index contributed by atoms with van der Waals surface area (Å²) in [5.41, 5.74) is 6.10. The molecule has 1 aliphatic rings. The van der Waals surface area contributed by atoms with Gasteiger partial charge in [0.25, 0.3) is 0 Å². The lowest BCUT2D eigenvalue weighted by molar-refractivity contribution is -0.139. The Labute approximate surface area is 111 Å². The molecule has 0 saturated heterocycles. The average Bonchev–Trinajstić information content (AvgIpc) is 2.34. The average molecular weight is 256 g/mol. The highest BCUT2D eigenvalue weighted by atomic mass is 16.3. The first kappa shape index (κ1) is 15.4. The Hall–Kier alpha value is -0.610. The van der Waals surface area contributed by atoms with Crippen molar-refractivity contribution in [3.05, 3.63) is 0 Å². The standard InChI is InChI=1S/C14H28N2O2/c1-4-16(6-5-7-17)14(18)12-9-13(15)11(3)8-10(12)2/h10-13,17H,4-9,15H2,1-3H3. The van der Waals surface area contributed by atoms with Crippen molar-refractivity contribution >= 4 is 5.91 Å². The molecule has 4 atom stereocenters. The second-order valence-corrected chi connectivity index (χ2v) is 5.69. The van der Waals surface area contributed by atoms with Crippen LogP contribution in [0.3, 0.4) is 0 Å². The predicted molar refractivity (Wildman–Crippen MR) is 73.0 cm³/mol. The molecular weight excluding hydrogens is 228 g/mol. The lowest BCUT2D eigenvalue weighted by Crippen LogP contribution is -2.46. The summed E-state index contributed by atoms with van der Waals surface area (Å²) >= 11 is 0. The first-order valence-corrected chi connectivity index (χ1v) is 7.16. The summed E-state index contributed by atoms with van der Waals surface area (Å²) < 4.78 is 0. The highest BCUT2D eigenvalue weighted by Gasteiger charge is 2.36. The first-order chi connectivity index (χ1) is 8.51. The second-order valence-electron chi connectivity index (χ2n) is 5.69. The summed E-state index contributed by atoms with van der Waals surface area (Å²) in [6, 6.07) is 0.145. The van der Waals surface area contributed by atoms with Crippen LogP contribution in [-0.4, -0.2) is 41.7 Å². The number of nitrogens with two attached hydrogens (primary N) is 1. The lowest BCUT2D eigenvalue weighted by atomic mass is 9.72. The largest absolute Gasteiger partial charge is 0.396 e. The van der Waals surface area contributed by atoms with Gasteiger partial charge in [-0.3, -0.25) is 4.79 Å². The molecule has 106 valence electrons. The van der Waals surface area contributed by atoms with Crippen LogP contribution in [0.1, 0.15) is 40.0 Å². The van der Waals surface area contributed by atoms with Gasteiger partial charge in [-0.2, -0.15) is 0 Å². The molecule has 0 aromatic rings. The SMILES string of the molecule is CCN(CCCO)C(=O)C1CC(N)C(C)CC1C. The van der Waals surface area contributed by atoms with Crippen molar-refractivity contribution in [1.82, 2.24) is 4.90 Å². The summed E-state index contributed by atoms with van der Waals surface area (Å²) in [4.78, 5) is 14.3. The normalized spacial score (nSPS) is 32.3. The van der Waals surface area contributed by atoms with Gasteiger partial charge in [-0.05, 0) is 38.0 Å². The van der Waals surface area contributed by atoms with Crippen LogP contribution in [0.2, 0.25) is 0 Å². The molecule has 0 aliphatic heterocycles. The maximum atomic E-state index is 12.5. The molecule has 1 fully saturated rings. The summed E-state index contributed by atoms with van der Waals surface area (Å²) in [5, 5.41) is 8.87. The molecule has 0 bridgehead atoms. The molecule has 18 heavy (non-hydrogen) atoms. The highest BCUT2D eigenvalue weighted by molar-refractivity contribution is 5.79. The zero-order valence-corrected chi connectivity index (χ0v) is 11.9. The van der Waals surface area contributed by atoms with E-state index in [-0.39, 0.29) is 24.5 Å². The number of aliphatic hydroxyl groups excluding tert-OH is 1. The van der Waals surface area contributed by atoms with Crippen LogP contribution >= 0.6 is 0 Å². The van der Waals surface area contributed by atoms with E-state index in [2.05, 4.69) is 13.8 Å². The summed E-state index contributed by atoms with van der Waals surface area (Å²) in [6.07, 6.45) is 2.50. The number of rotatable bonds is 5. The van der Waals surface area contributed by atoms with E-state index in [4.69, 9.17) is 10.8 Å². The topological polar surface area (TPSA) is 66.6 Å². The van der Waals surface area contributed by atoms with Crippen molar-refractivity contribution in [3.8, 4) is 0 Å². The zero-order chi connectivity index (χ0) is 13.7. The van der Waals surface area contributed by atoms with Crippen LogP contribution in [-0.2, 0) is 4.79 Å². The monoisotopic (exact) mass is 256 g/mol. The Kier molecular flexibility index (Phi) is 6.09. The number of carbonyl (C=O) groups excluding carboxylic acids is 1. The van der Waals surface area contributed by atoms with Gasteiger partial charge in [0, 0.05) is 31.7 Å². The van der Waals surface area contributed by atoms with Gasteiger partial charge in [0.1, 0.15) is 0 Å². The Morgan fingerprint density at radius 2 is 2.00 bits per heavy atom. The van der Waals surface area contributed by atoms with Gasteiger partial charge < -0.3 is 15.7 Å². The van der Waals surface area contributed by atoms with Gasteiger partial charge in [-0.25, -0.2) is 0 Å². The van der Waals surface area contributed by atoms with Crippen LogP contribution in [0.4, 0.5) is 0 Å². The van der Waals surface area contributed by atoms with Crippen LogP contribution in [0.5, 0.6) is 0 Å². The van der Waals surface area contributed by atoms with E-state index in [9.17, 15) is 4.79 Å². The fourth-order valence-corrected chi connectivity index (χ4v) is 2.95. The zero-order valence-electron chi connectivity index (χ0n) is 11.9. The lowest BCUT2D eigenvalue weighted by Gasteiger charge is -2.38. The van der Waals surface area contributed by atoms with Gasteiger partial charge in [0.15, 0.2) is 0 Å². The third-order valence-electron chi connectivity index (χ3n) is 4.28. The van der Waals surface area contributed by atoms with E-state index < -0.39 is 0 Å². The van der Waals surface area contributed by atoms with Gasteiger partial charge in [-0.15, -0.1) is 0 Å². The van der Waals surface area contributed by atoms with Gasteiger partial charge in [0.2, 0.25) is 5.91 Å². The molecule has 0 heterocycles. The molecule has 3 N–H and O–H groups in total. The molecule has 0 aromatic carbocycles. The molecule has 0 spiro atoms. The van der Waals surface area contributed by atoms with E-state index in [1.807, 2.05) is 11.8 Å². The van der Waals surface area contributed by atoms with Crippen molar-refractivity contribution in [1.29, 1.82) is 0 Å². The van der Waals surface area contributed by atoms with Crippen molar-refractivity contribution in [2.45, 2.75) is 46.1 Å². The Morgan fingerprint density at radius 3 is 2.56 bits per heavy atom. The van der Waals surface area contributed by atoms with Gasteiger partial charge >= 0.3 is 0 Å². The molecule has 0 radical (unpaired) electrons. The number of nitrogens with zero attached hydrogens (tertiary/aromatic N) is 1. The molecule has 1 rings (SSSR count). The molecular formula is C14H28N2O2. The number of carbonyl (C=O) groups is 1. The van der Waals surface area contributed by atoms with E-state index in [1.165, 1.54) is 0 Å². The predicted octanol–water partition coefficient (Wildman–Crippen LogP) is 1.23. The Morgan fingerprint density at radius 1 is 1.33 bits per heavy atom. The minimum absolute atomic E-state index is 0.0647. The van der Waals surface area contributed by atoms with Crippen LogP contribution < -0.4 is 5.73 Å². The van der Waals surface area contributed by atoms with Crippen molar-refractivity contribution < 1.29 is 9.90 Å². The highest BCUT2D eigenvalue weighted by Crippen LogP contribution is 2.34. The first-order valence-electron chi connectivity index (χ1n) is 7.16. The molecule has 4 unspecified atom stereocenters. The summed E-state index contributed by atoms with van der Waals surface area (Å²) in [7, 11) is 0. The van der Waals surface area contributed by atoms with Gasteiger partial charge in [-0.1, -0.05) is 13.8 Å². The smallest absolute Gasteiger partial charge is 0.226 e. The van der Waals surface area contributed by atoms with Gasteiger partial charge in [0.05, 0.1) is 0 Å². The fraction of sp³-hybridized carbons (Fsp3) is 0.929. The maximum absolute atomic E-state index is 12.5. The van der Waals surface area contributed by atoms with Crippen molar-refractivity contribution in [2.75, 3.05) is 19.7 Å². The van der Waals surface area contributed by atoms with E-state index in [1.54, 1.807) is 0 Å². The van der Waals surface area contributed by atoms with Crippen molar-refractivity contribution in [3.63, 3.8) is 0 Å². The van der Waals surface area contributed by atoms with E-state index in [0.29, 0.717) is 31.3 Å². The third kappa shape index (κ3) is 3.69. The van der Waals surface area contributed by atoms with Crippen LogP contribution in [0.15, 0.2) is 0 Å². The minimum Gasteiger partial charge on any atom is -0.396 e. The molecule has 4 heteroatoms. The molecule has 1 saturated carbocycles. The third-order valence-corrected chi connectivity index (χ3v) is 4.28. The fourth-order valence-electron chi connectivity index (χ4n) is 2.95. The second kappa shape index (κ2) is 7.10. The van der Waals surface area contributed by atoms with Crippen LogP contribution in [0.25, 0.3) is 0 Å². The number of hydrogen-bond donors (Lipinski definition) is 2. The minimum atomic E-state index is 0.0647. The molecule has 4 nitrogen and oxygen atoms in total. The molecule has 0 aromatic heterocycles. The van der Waals surface area contributed by atoms with E-state index >= 15 is 0 Å². The molecule has 1 aliphatic carbocycles. The van der Waals surface area contributed by atoms with Crippen LogP contribution in [0, 0.1) is 17.8 Å². The van der Waals surface area contributed by atoms with E-state index in [0.717, 1.165) is 12.8 Å². The Balaban J connectivity index is 2.63. The Bertz CT molecular complexity index is 271. The molecule has 1 amide bonds. The quantitative estimate of drug-likeness (QED) is 0.777. The number of amides is 1. The number of aliphatic hydroxyl groups is 1. The number of hydrogen-bond acceptors (Lipinski definition) is 3. The maximum Gasteiger partial charge on any atom is 0.226 e.